The van der Waals surface area contributed by atoms with E-state index in [0.29, 0.717) is 19.1 Å². The maximum Gasteiger partial charge on any atom is 0.140 e. The quantitative estimate of drug-likeness (QED) is 0.580. The molecule has 1 aliphatic rings. The SMILES string of the molecule is CC(C)N1CC(O)C(F)C1. The molecule has 1 N–H and O–H groups in total. The van der Waals surface area contributed by atoms with E-state index in [9.17, 15) is 4.39 Å². The van der Waals surface area contributed by atoms with Crippen LogP contribution in [0.15, 0.2) is 0 Å². The van der Waals surface area contributed by atoms with Gasteiger partial charge in [0.1, 0.15) is 6.17 Å². The molecule has 0 aromatic rings. The van der Waals surface area contributed by atoms with Crippen LogP contribution < -0.4 is 0 Å². The summed E-state index contributed by atoms with van der Waals surface area (Å²) in [6, 6.07) is 0.343. The Kier molecular flexibility index (Phi) is 2.26. The van der Waals surface area contributed by atoms with E-state index in [-0.39, 0.29) is 0 Å². The Labute approximate surface area is 60.6 Å². The molecule has 10 heavy (non-hydrogen) atoms. The van der Waals surface area contributed by atoms with Crippen LogP contribution in [0.1, 0.15) is 13.8 Å². The van der Waals surface area contributed by atoms with E-state index in [0.717, 1.165) is 0 Å². The van der Waals surface area contributed by atoms with Crippen molar-refractivity contribution in [2.75, 3.05) is 13.1 Å². The first-order valence-corrected chi connectivity index (χ1v) is 3.67. The van der Waals surface area contributed by atoms with Gasteiger partial charge in [0.2, 0.25) is 0 Å². The molecule has 0 bridgehead atoms. The average molecular weight is 147 g/mol. The second-order valence-electron chi connectivity index (χ2n) is 3.13. The topological polar surface area (TPSA) is 23.5 Å². The molecule has 2 nitrogen and oxygen atoms in total. The summed E-state index contributed by atoms with van der Waals surface area (Å²) in [4.78, 5) is 1.94. The van der Waals surface area contributed by atoms with Crippen molar-refractivity contribution >= 4 is 0 Å². The molecule has 3 heteroatoms. The van der Waals surface area contributed by atoms with E-state index in [1.807, 2.05) is 18.7 Å². The first-order chi connectivity index (χ1) is 4.61. The molecule has 2 unspecified atom stereocenters. The number of β-amino-alcohol motifs (C(OH)–C–C–N with tert-alkyl or cyclic N) is 1. The molecule has 0 saturated carbocycles. The molecule has 0 aromatic carbocycles. The molecule has 2 atom stereocenters. The fraction of sp³-hybridized carbons (Fsp3) is 1.00. The van der Waals surface area contributed by atoms with E-state index < -0.39 is 12.3 Å². The maximum atomic E-state index is 12.6. The van der Waals surface area contributed by atoms with Gasteiger partial charge in [-0.15, -0.1) is 0 Å². The summed E-state index contributed by atoms with van der Waals surface area (Å²) in [5.41, 5.74) is 0. The van der Waals surface area contributed by atoms with Crippen LogP contribution in [-0.4, -0.2) is 41.4 Å². The monoisotopic (exact) mass is 147 g/mol. The fourth-order valence-corrected chi connectivity index (χ4v) is 1.20. The Morgan fingerprint density at radius 2 is 2.10 bits per heavy atom. The molecule has 1 rings (SSSR count). The fourth-order valence-electron chi connectivity index (χ4n) is 1.20. The molecular weight excluding hydrogens is 133 g/mol. The van der Waals surface area contributed by atoms with E-state index in [1.165, 1.54) is 0 Å². The van der Waals surface area contributed by atoms with Crippen molar-refractivity contribution in [3.63, 3.8) is 0 Å². The number of halogens is 1. The van der Waals surface area contributed by atoms with Gasteiger partial charge >= 0.3 is 0 Å². The summed E-state index contributed by atoms with van der Waals surface area (Å²) in [7, 11) is 0. The minimum Gasteiger partial charge on any atom is -0.389 e. The summed E-state index contributed by atoms with van der Waals surface area (Å²) in [6.07, 6.45) is -1.80. The highest BCUT2D eigenvalue weighted by molar-refractivity contribution is 4.84. The summed E-state index contributed by atoms with van der Waals surface area (Å²) < 4.78 is 12.6. The van der Waals surface area contributed by atoms with Crippen molar-refractivity contribution in [3.8, 4) is 0 Å². The van der Waals surface area contributed by atoms with E-state index in [4.69, 9.17) is 5.11 Å². The van der Waals surface area contributed by atoms with Gasteiger partial charge in [0, 0.05) is 19.1 Å². The van der Waals surface area contributed by atoms with Crippen molar-refractivity contribution in [2.45, 2.75) is 32.2 Å². The minimum absolute atomic E-state index is 0.343. The zero-order chi connectivity index (χ0) is 7.72. The molecule has 0 amide bonds. The van der Waals surface area contributed by atoms with E-state index >= 15 is 0 Å². The third-order valence-electron chi connectivity index (χ3n) is 1.98. The van der Waals surface area contributed by atoms with Crippen LogP contribution in [0, 0.1) is 0 Å². The van der Waals surface area contributed by atoms with Crippen LogP contribution in [0.2, 0.25) is 0 Å². The molecule has 0 aromatic heterocycles. The number of hydrogen-bond donors (Lipinski definition) is 1. The second kappa shape index (κ2) is 2.84. The van der Waals surface area contributed by atoms with Crippen molar-refractivity contribution in [1.29, 1.82) is 0 Å². The van der Waals surface area contributed by atoms with Crippen LogP contribution in [0.5, 0.6) is 0 Å². The lowest BCUT2D eigenvalue weighted by Crippen LogP contribution is -2.29. The van der Waals surface area contributed by atoms with Crippen LogP contribution in [0.4, 0.5) is 4.39 Å². The highest BCUT2D eigenvalue weighted by Crippen LogP contribution is 2.15. The Morgan fingerprint density at radius 1 is 1.50 bits per heavy atom. The molecule has 0 radical (unpaired) electrons. The van der Waals surface area contributed by atoms with Gasteiger partial charge in [0.15, 0.2) is 0 Å². The lowest BCUT2D eigenvalue weighted by atomic mass is 10.3. The van der Waals surface area contributed by atoms with Crippen molar-refractivity contribution in [1.82, 2.24) is 4.90 Å². The lowest BCUT2D eigenvalue weighted by Gasteiger charge is -2.18. The Hall–Kier alpha value is -0.150. The van der Waals surface area contributed by atoms with Gasteiger partial charge in [-0.2, -0.15) is 0 Å². The number of likely N-dealkylation sites (tertiary alicyclic amines) is 1. The van der Waals surface area contributed by atoms with E-state index in [2.05, 4.69) is 0 Å². The standard InChI is InChI=1S/C7H14FNO/c1-5(2)9-3-6(8)7(10)4-9/h5-7,10H,3-4H2,1-2H3. The average Bonchev–Trinajstić information content (AvgIpc) is 2.13. The highest BCUT2D eigenvalue weighted by Gasteiger charge is 2.31. The van der Waals surface area contributed by atoms with Crippen molar-refractivity contribution < 1.29 is 9.50 Å². The number of aliphatic hydroxyl groups excluding tert-OH is 1. The van der Waals surface area contributed by atoms with Crippen LogP contribution in [-0.2, 0) is 0 Å². The molecule has 1 saturated heterocycles. The smallest absolute Gasteiger partial charge is 0.140 e. The summed E-state index contributed by atoms with van der Waals surface area (Å²) in [5, 5.41) is 9.00. The second-order valence-corrected chi connectivity index (χ2v) is 3.13. The minimum atomic E-state index is -1.04. The summed E-state index contributed by atoms with van der Waals surface area (Å²) in [5.74, 6) is 0. The molecule has 1 fully saturated rings. The molecular formula is C7H14FNO. The number of rotatable bonds is 1. The van der Waals surface area contributed by atoms with Crippen molar-refractivity contribution in [2.24, 2.45) is 0 Å². The van der Waals surface area contributed by atoms with Crippen LogP contribution >= 0.6 is 0 Å². The van der Waals surface area contributed by atoms with Gasteiger partial charge in [0.05, 0.1) is 6.10 Å². The number of aliphatic hydroxyl groups is 1. The normalized spacial score (nSPS) is 35.7. The van der Waals surface area contributed by atoms with Gasteiger partial charge < -0.3 is 5.11 Å². The van der Waals surface area contributed by atoms with Gasteiger partial charge in [-0.1, -0.05) is 0 Å². The zero-order valence-corrected chi connectivity index (χ0v) is 6.42. The van der Waals surface area contributed by atoms with Gasteiger partial charge in [0.25, 0.3) is 0 Å². The first-order valence-electron chi connectivity index (χ1n) is 3.67. The third kappa shape index (κ3) is 1.47. The van der Waals surface area contributed by atoms with Gasteiger partial charge in [-0.05, 0) is 13.8 Å². The Morgan fingerprint density at radius 3 is 2.30 bits per heavy atom. The maximum absolute atomic E-state index is 12.6. The van der Waals surface area contributed by atoms with Gasteiger partial charge in [-0.25, -0.2) is 4.39 Å². The molecule has 60 valence electrons. The van der Waals surface area contributed by atoms with Crippen molar-refractivity contribution in [3.05, 3.63) is 0 Å². The zero-order valence-electron chi connectivity index (χ0n) is 6.42. The molecule has 1 heterocycles. The third-order valence-corrected chi connectivity index (χ3v) is 1.98. The summed E-state index contributed by atoms with van der Waals surface area (Å²) in [6.45, 7) is 4.88. The largest absolute Gasteiger partial charge is 0.389 e. The predicted molar refractivity (Wildman–Crippen MR) is 37.6 cm³/mol. The first kappa shape index (κ1) is 7.95. The van der Waals surface area contributed by atoms with E-state index in [1.54, 1.807) is 0 Å². The highest BCUT2D eigenvalue weighted by atomic mass is 19.1. The number of nitrogens with zero attached hydrogens (tertiary/aromatic N) is 1. The molecule has 0 aliphatic carbocycles. The van der Waals surface area contributed by atoms with Gasteiger partial charge in [-0.3, -0.25) is 4.90 Å². The Balaban J connectivity index is 2.41. The van der Waals surface area contributed by atoms with Crippen LogP contribution in [0.3, 0.4) is 0 Å². The number of alkyl halides is 1. The number of hydrogen-bond acceptors (Lipinski definition) is 2. The predicted octanol–water partition coefficient (Wildman–Crippen LogP) is 0.409. The Bertz CT molecular complexity index is 108. The van der Waals surface area contributed by atoms with Crippen LogP contribution in [0.25, 0.3) is 0 Å². The summed E-state index contributed by atoms with van der Waals surface area (Å²) >= 11 is 0. The lowest BCUT2D eigenvalue weighted by molar-refractivity contribution is 0.115. The molecule has 0 spiro atoms. The molecule has 1 aliphatic heterocycles.